The highest BCUT2D eigenvalue weighted by Crippen LogP contribution is 2.32. The van der Waals surface area contributed by atoms with Crippen LogP contribution in [0.1, 0.15) is 37.8 Å². The summed E-state index contributed by atoms with van der Waals surface area (Å²) < 4.78 is 18.3. The second kappa shape index (κ2) is 5.23. The van der Waals surface area contributed by atoms with Crippen molar-refractivity contribution in [3.8, 4) is 0 Å². The zero-order chi connectivity index (χ0) is 14.1. The molecule has 0 radical (unpaired) electrons. The number of nitrogens with zero attached hydrogens (tertiary/aromatic N) is 2. The lowest BCUT2D eigenvalue weighted by Crippen LogP contribution is -2.37. The smallest absolute Gasteiger partial charge is 0.222 e. The molecule has 1 saturated heterocycles. The number of carbonyl (C=O) groups excluding carboxylic acids is 1. The van der Waals surface area contributed by atoms with Crippen LogP contribution in [0.4, 0.5) is 4.39 Å². The summed E-state index contributed by atoms with van der Waals surface area (Å²) >= 11 is 0. The van der Waals surface area contributed by atoms with E-state index in [4.69, 9.17) is 4.52 Å². The Morgan fingerprint density at radius 2 is 2.20 bits per heavy atom. The number of rotatable bonds is 2. The van der Waals surface area contributed by atoms with Gasteiger partial charge in [0.2, 0.25) is 5.91 Å². The molecule has 0 N–H and O–H groups in total. The molecule has 3 rings (SSSR count). The molecule has 2 heterocycles. The van der Waals surface area contributed by atoms with Gasteiger partial charge in [0.1, 0.15) is 5.82 Å². The Hall–Kier alpha value is -1.91. The second-order valence-electron chi connectivity index (χ2n) is 5.22. The van der Waals surface area contributed by atoms with Crippen LogP contribution in [-0.4, -0.2) is 29.1 Å². The van der Waals surface area contributed by atoms with Gasteiger partial charge in [0, 0.05) is 36.9 Å². The van der Waals surface area contributed by atoms with Crippen LogP contribution in [0.25, 0.3) is 11.0 Å². The molecule has 1 aliphatic rings. The average molecular weight is 276 g/mol. The van der Waals surface area contributed by atoms with Crippen molar-refractivity contribution in [3.05, 3.63) is 29.7 Å². The third kappa shape index (κ3) is 2.28. The number of hydrogen-bond donors (Lipinski definition) is 0. The number of hydrogen-bond acceptors (Lipinski definition) is 3. The lowest BCUT2D eigenvalue weighted by Gasteiger charge is -2.31. The van der Waals surface area contributed by atoms with Gasteiger partial charge in [-0.3, -0.25) is 4.79 Å². The minimum absolute atomic E-state index is 0.204. The fourth-order valence-corrected chi connectivity index (χ4v) is 2.85. The van der Waals surface area contributed by atoms with Crippen LogP contribution in [0.5, 0.6) is 0 Å². The molecule has 20 heavy (non-hydrogen) atoms. The van der Waals surface area contributed by atoms with Gasteiger partial charge in [-0.05, 0) is 25.0 Å². The number of piperidine rings is 1. The molecular weight excluding hydrogens is 259 g/mol. The molecule has 4 nitrogen and oxygen atoms in total. The van der Waals surface area contributed by atoms with E-state index in [9.17, 15) is 9.18 Å². The number of halogens is 1. The van der Waals surface area contributed by atoms with Gasteiger partial charge in [0.25, 0.3) is 0 Å². The topological polar surface area (TPSA) is 46.3 Å². The molecule has 0 atom stereocenters. The van der Waals surface area contributed by atoms with E-state index in [1.807, 2.05) is 11.8 Å². The Bertz CT molecular complexity index is 630. The van der Waals surface area contributed by atoms with Crippen molar-refractivity contribution < 1.29 is 13.7 Å². The molecule has 0 spiro atoms. The second-order valence-corrected chi connectivity index (χ2v) is 5.22. The molecule has 5 heteroatoms. The maximum Gasteiger partial charge on any atom is 0.222 e. The first-order valence-electron chi connectivity index (χ1n) is 7.01. The Morgan fingerprint density at radius 3 is 2.90 bits per heavy atom. The summed E-state index contributed by atoms with van der Waals surface area (Å²) in [5.41, 5.74) is 1.38. The van der Waals surface area contributed by atoms with Gasteiger partial charge in [-0.25, -0.2) is 4.39 Å². The number of benzene rings is 1. The average Bonchev–Trinajstić information content (AvgIpc) is 2.89. The summed E-state index contributed by atoms with van der Waals surface area (Å²) in [5.74, 6) is 0.168. The number of likely N-dealkylation sites (tertiary alicyclic amines) is 1. The van der Waals surface area contributed by atoms with Crippen molar-refractivity contribution in [2.24, 2.45) is 0 Å². The summed E-state index contributed by atoms with van der Waals surface area (Å²) in [6.07, 6.45) is 2.31. The van der Waals surface area contributed by atoms with Gasteiger partial charge in [-0.2, -0.15) is 0 Å². The van der Waals surface area contributed by atoms with Gasteiger partial charge in [-0.15, -0.1) is 0 Å². The van der Waals surface area contributed by atoms with E-state index in [0.717, 1.165) is 37.0 Å². The number of aromatic nitrogens is 1. The molecule has 106 valence electrons. The SMILES string of the molecule is CCC(=O)N1CCC(c2noc3cc(F)ccc23)CC1. The van der Waals surface area contributed by atoms with E-state index in [-0.39, 0.29) is 17.6 Å². The third-order valence-electron chi connectivity index (χ3n) is 4.00. The van der Waals surface area contributed by atoms with Crippen LogP contribution in [0.2, 0.25) is 0 Å². The van der Waals surface area contributed by atoms with Gasteiger partial charge < -0.3 is 9.42 Å². The first-order chi connectivity index (χ1) is 9.69. The standard InChI is InChI=1S/C15H17FN2O2/c1-2-14(19)18-7-5-10(6-8-18)15-12-4-3-11(16)9-13(12)20-17-15/h3-4,9-10H,2,5-8H2,1H3. The first-order valence-corrected chi connectivity index (χ1v) is 7.01. The normalized spacial score (nSPS) is 16.8. The van der Waals surface area contributed by atoms with Crippen LogP contribution < -0.4 is 0 Å². The Labute approximate surface area is 116 Å². The lowest BCUT2D eigenvalue weighted by atomic mass is 9.91. The molecule has 1 aromatic heterocycles. The monoisotopic (exact) mass is 276 g/mol. The summed E-state index contributed by atoms with van der Waals surface area (Å²) in [7, 11) is 0. The van der Waals surface area contributed by atoms with Crippen molar-refractivity contribution in [1.29, 1.82) is 0 Å². The number of fused-ring (bicyclic) bond motifs is 1. The fourth-order valence-electron chi connectivity index (χ4n) is 2.85. The zero-order valence-electron chi connectivity index (χ0n) is 11.4. The molecule has 1 aliphatic heterocycles. The Balaban J connectivity index is 1.78. The maximum absolute atomic E-state index is 13.1. The van der Waals surface area contributed by atoms with E-state index in [1.165, 1.54) is 12.1 Å². The van der Waals surface area contributed by atoms with E-state index >= 15 is 0 Å². The van der Waals surface area contributed by atoms with Crippen LogP contribution in [0.15, 0.2) is 22.7 Å². The highest BCUT2D eigenvalue weighted by Gasteiger charge is 2.26. The molecule has 1 aromatic carbocycles. The van der Waals surface area contributed by atoms with Crippen LogP contribution in [-0.2, 0) is 4.79 Å². The van der Waals surface area contributed by atoms with Crippen LogP contribution >= 0.6 is 0 Å². The lowest BCUT2D eigenvalue weighted by molar-refractivity contribution is -0.131. The summed E-state index contributed by atoms with van der Waals surface area (Å²) in [6.45, 7) is 3.40. The summed E-state index contributed by atoms with van der Waals surface area (Å²) in [6, 6.07) is 4.51. The molecule has 2 aromatic rings. The Kier molecular flexibility index (Phi) is 3.42. The van der Waals surface area contributed by atoms with Crippen molar-refractivity contribution in [1.82, 2.24) is 10.1 Å². The first kappa shape index (κ1) is 13.1. The highest BCUT2D eigenvalue weighted by molar-refractivity contribution is 5.80. The molecule has 1 amide bonds. The van der Waals surface area contributed by atoms with Crippen molar-refractivity contribution in [3.63, 3.8) is 0 Å². The highest BCUT2D eigenvalue weighted by atomic mass is 19.1. The molecule has 0 unspecified atom stereocenters. The fraction of sp³-hybridized carbons (Fsp3) is 0.467. The predicted molar refractivity (Wildman–Crippen MR) is 72.8 cm³/mol. The van der Waals surface area contributed by atoms with Crippen LogP contribution in [0, 0.1) is 5.82 Å². The Morgan fingerprint density at radius 1 is 1.45 bits per heavy atom. The summed E-state index contributed by atoms with van der Waals surface area (Å²) in [5, 5.41) is 4.99. The maximum atomic E-state index is 13.1. The zero-order valence-corrected chi connectivity index (χ0v) is 11.4. The number of carbonyl (C=O) groups is 1. The largest absolute Gasteiger partial charge is 0.356 e. The van der Waals surface area contributed by atoms with Crippen molar-refractivity contribution in [2.75, 3.05) is 13.1 Å². The molecule has 0 aliphatic carbocycles. The van der Waals surface area contributed by atoms with E-state index in [2.05, 4.69) is 5.16 Å². The van der Waals surface area contributed by atoms with Gasteiger partial charge >= 0.3 is 0 Å². The number of amides is 1. The molecular formula is C15H17FN2O2. The predicted octanol–water partition coefficient (Wildman–Crippen LogP) is 3.08. The van der Waals surface area contributed by atoms with E-state index < -0.39 is 0 Å². The van der Waals surface area contributed by atoms with Crippen molar-refractivity contribution in [2.45, 2.75) is 32.1 Å². The molecule has 0 saturated carbocycles. The van der Waals surface area contributed by atoms with Gasteiger partial charge in [-0.1, -0.05) is 12.1 Å². The quantitative estimate of drug-likeness (QED) is 0.846. The third-order valence-corrected chi connectivity index (χ3v) is 4.00. The van der Waals surface area contributed by atoms with E-state index in [0.29, 0.717) is 12.0 Å². The summed E-state index contributed by atoms with van der Waals surface area (Å²) in [4.78, 5) is 13.6. The molecule has 1 fully saturated rings. The van der Waals surface area contributed by atoms with Crippen LogP contribution in [0.3, 0.4) is 0 Å². The minimum atomic E-state index is -0.316. The van der Waals surface area contributed by atoms with Crippen molar-refractivity contribution >= 4 is 16.9 Å². The van der Waals surface area contributed by atoms with Gasteiger partial charge in [0.15, 0.2) is 5.58 Å². The van der Waals surface area contributed by atoms with E-state index in [1.54, 1.807) is 6.07 Å². The van der Waals surface area contributed by atoms with Gasteiger partial charge in [0.05, 0.1) is 5.69 Å². The minimum Gasteiger partial charge on any atom is -0.356 e. The molecule has 0 bridgehead atoms.